The van der Waals surface area contributed by atoms with Crippen molar-refractivity contribution in [2.45, 2.75) is 0 Å². The fourth-order valence-corrected chi connectivity index (χ4v) is 1.91. The highest BCUT2D eigenvalue weighted by Crippen LogP contribution is 2.17. The maximum Gasteiger partial charge on any atom is 0.188 e. The summed E-state index contributed by atoms with van der Waals surface area (Å²) in [5, 5.41) is 0.936. The van der Waals surface area contributed by atoms with Crippen molar-refractivity contribution in [2.24, 2.45) is 0 Å². The molecular formula is C13H17NO2S. The molecule has 0 heterocycles. The second-order valence-electron chi connectivity index (χ2n) is 3.67. The van der Waals surface area contributed by atoms with Gasteiger partial charge in [0.25, 0.3) is 0 Å². The highest BCUT2D eigenvalue weighted by molar-refractivity contribution is 8.02. The predicted octanol–water partition coefficient (Wildman–Crippen LogP) is 2.64. The minimum absolute atomic E-state index is 0.00528. The fourth-order valence-electron chi connectivity index (χ4n) is 1.32. The average Bonchev–Trinajstić information content (AvgIpc) is 2.35. The molecule has 0 amide bonds. The van der Waals surface area contributed by atoms with E-state index < -0.39 is 0 Å². The summed E-state index contributed by atoms with van der Waals surface area (Å²) in [5.74, 6) is 0.758. The molecule has 0 saturated carbocycles. The Hall–Kier alpha value is -1.42. The Morgan fingerprint density at radius 1 is 1.29 bits per heavy atom. The Labute approximate surface area is 106 Å². The maximum atomic E-state index is 12.0. The van der Waals surface area contributed by atoms with Gasteiger partial charge in [0.15, 0.2) is 5.78 Å². The molecule has 0 atom stereocenters. The van der Waals surface area contributed by atoms with Crippen LogP contribution in [0.4, 0.5) is 0 Å². The molecule has 0 saturated heterocycles. The lowest BCUT2D eigenvalue weighted by molar-refractivity contribution is 0.104. The quantitative estimate of drug-likeness (QED) is 0.594. The van der Waals surface area contributed by atoms with Gasteiger partial charge < -0.3 is 9.64 Å². The maximum absolute atomic E-state index is 12.0. The molecule has 17 heavy (non-hydrogen) atoms. The number of methoxy groups -OCH3 is 1. The van der Waals surface area contributed by atoms with E-state index in [9.17, 15) is 4.79 Å². The highest BCUT2D eigenvalue weighted by Gasteiger charge is 2.06. The van der Waals surface area contributed by atoms with Crippen LogP contribution < -0.4 is 4.74 Å². The minimum atomic E-state index is 0.00528. The number of ketones is 1. The summed E-state index contributed by atoms with van der Waals surface area (Å²) in [7, 11) is 5.45. The summed E-state index contributed by atoms with van der Waals surface area (Å²) in [5.41, 5.74) is 0.666. The lowest BCUT2D eigenvalue weighted by Gasteiger charge is -2.14. The zero-order chi connectivity index (χ0) is 12.8. The SMILES string of the molecule is COc1ccc(C(=O)/C=C(\SC)N(C)C)cc1. The Bertz CT molecular complexity index is 410. The molecule has 0 aliphatic carbocycles. The monoisotopic (exact) mass is 251 g/mol. The van der Waals surface area contributed by atoms with Crippen LogP contribution in [0.25, 0.3) is 0 Å². The van der Waals surface area contributed by atoms with Crippen molar-refractivity contribution in [2.75, 3.05) is 27.5 Å². The second kappa shape index (κ2) is 6.35. The van der Waals surface area contributed by atoms with Gasteiger partial charge in [-0.05, 0) is 30.5 Å². The minimum Gasteiger partial charge on any atom is -0.497 e. The van der Waals surface area contributed by atoms with Crippen LogP contribution in [-0.4, -0.2) is 38.1 Å². The van der Waals surface area contributed by atoms with Crippen LogP contribution in [0.15, 0.2) is 35.4 Å². The van der Waals surface area contributed by atoms with Crippen molar-refractivity contribution in [3.8, 4) is 5.75 Å². The molecule has 1 aromatic carbocycles. The van der Waals surface area contributed by atoms with Crippen LogP contribution in [0.2, 0.25) is 0 Å². The number of benzene rings is 1. The van der Waals surface area contributed by atoms with E-state index in [4.69, 9.17) is 4.74 Å². The molecule has 3 nitrogen and oxygen atoms in total. The van der Waals surface area contributed by atoms with Crippen molar-refractivity contribution in [3.63, 3.8) is 0 Å². The molecule has 0 N–H and O–H groups in total. The van der Waals surface area contributed by atoms with Gasteiger partial charge in [-0.3, -0.25) is 4.79 Å². The molecule has 0 unspecified atom stereocenters. The molecule has 0 aliphatic rings. The first kappa shape index (κ1) is 13.6. The van der Waals surface area contributed by atoms with Gasteiger partial charge in [0.05, 0.1) is 12.1 Å². The molecule has 0 bridgehead atoms. The summed E-state index contributed by atoms with van der Waals surface area (Å²) in [6.45, 7) is 0. The van der Waals surface area contributed by atoms with E-state index in [-0.39, 0.29) is 5.78 Å². The number of rotatable bonds is 5. The second-order valence-corrected chi connectivity index (χ2v) is 4.50. The molecule has 0 aliphatic heterocycles. The molecule has 0 fully saturated rings. The summed E-state index contributed by atoms with van der Waals surface area (Å²) in [6, 6.07) is 7.11. The summed E-state index contributed by atoms with van der Waals surface area (Å²) < 4.78 is 5.05. The number of ether oxygens (including phenoxy) is 1. The molecule has 0 aromatic heterocycles. The third-order valence-electron chi connectivity index (χ3n) is 2.28. The van der Waals surface area contributed by atoms with Gasteiger partial charge in [-0.2, -0.15) is 0 Å². The zero-order valence-electron chi connectivity index (χ0n) is 10.6. The molecule has 0 radical (unpaired) electrons. The fraction of sp³-hybridized carbons (Fsp3) is 0.308. The van der Waals surface area contributed by atoms with Gasteiger partial charge in [0.2, 0.25) is 0 Å². The van der Waals surface area contributed by atoms with Gasteiger partial charge in [-0.15, -0.1) is 11.8 Å². The number of carbonyl (C=O) groups is 1. The van der Waals surface area contributed by atoms with Gasteiger partial charge in [-0.25, -0.2) is 0 Å². The van der Waals surface area contributed by atoms with E-state index in [1.54, 1.807) is 49.2 Å². The van der Waals surface area contributed by atoms with Crippen LogP contribution >= 0.6 is 11.8 Å². The topological polar surface area (TPSA) is 29.5 Å². The Morgan fingerprint density at radius 3 is 2.29 bits per heavy atom. The first-order valence-corrected chi connectivity index (χ1v) is 6.42. The number of hydrogen-bond donors (Lipinski definition) is 0. The Kier molecular flexibility index (Phi) is 5.10. The number of nitrogens with zero attached hydrogens (tertiary/aromatic N) is 1. The summed E-state index contributed by atoms with van der Waals surface area (Å²) >= 11 is 1.55. The van der Waals surface area contributed by atoms with Crippen LogP contribution in [0.3, 0.4) is 0 Å². The van der Waals surface area contributed by atoms with Crippen LogP contribution in [0.1, 0.15) is 10.4 Å². The Balaban J connectivity index is 2.88. The molecular weight excluding hydrogens is 234 g/mol. The number of thioether (sulfide) groups is 1. The summed E-state index contributed by atoms with van der Waals surface area (Å²) in [6.07, 6.45) is 3.60. The smallest absolute Gasteiger partial charge is 0.188 e. The lowest BCUT2D eigenvalue weighted by atomic mass is 10.1. The van der Waals surface area contributed by atoms with E-state index in [2.05, 4.69) is 0 Å². The number of allylic oxidation sites excluding steroid dienone is 1. The third-order valence-corrected chi connectivity index (χ3v) is 3.18. The van der Waals surface area contributed by atoms with E-state index in [1.165, 1.54) is 0 Å². The van der Waals surface area contributed by atoms with Crippen LogP contribution in [0, 0.1) is 0 Å². The van der Waals surface area contributed by atoms with Gasteiger partial charge in [0.1, 0.15) is 5.75 Å². The largest absolute Gasteiger partial charge is 0.497 e. The van der Waals surface area contributed by atoms with Crippen LogP contribution in [0.5, 0.6) is 5.75 Å². The van der Waals surface area contributed by atoms with E-state index >= 15 is 0 Å². The Morgan fingerprint density at radius 2 is 1.88 bits per heavy atom. The van der Waals surface area contributed by atoms with Crippen molar-refractivity contribution in [3.05, 3.63) is 40.9 Å². The molecule has 4 heteroatoms. The molecule has 0 spiro atoms. The van der Waals surface area contributed by atoms with Gasteiger partial charge >= 0.3 is 0 Å². The van der Waals surface area contributed by atoms with E-state index in [1.807, 2.05) is 25.3 Å². The standard InChI is InChI=1S/C13H17NO2S/c1-14(2)13(17-4)9-12(15)10-5-7-11(16-3)8-6-10/h5-9H,1-4H3/b13-9-. The van der Waals surface area contributed by atoms with Gasteiger partial charge in [-0.1, -0.05) is 0 Å². The molecule has 92 valence electrons. The molecule has 1 aromatic rings. The van der Waals surface area contributed by atoms with Crippen molar-refractivity contribution in [1.82, 2.24) is 4.90 Å². The summed E-state index contributed by atoms with van der Waals surface area (Å²) in [4.78, 5) is 13.9. The van der Waals surface area contributed by atoms with E-state index in [0.29, 0.717) is 5.56 Å². The van der Waals surface area contributed by atoms with Crippen molar-refractivity contribution in [1.29, 1.82) is 0 Å². The van der Waals surface area contributed by atoms with Gasteiger partial charge in [0, 0.05) is 25.7 Å². The van der Waals surface area contributed by atoms with Crippen molar-refractivity contribution >= 4 is 17.5 Å². The number of carbonyl (C=O) groups excluding carboxylic acids is 1. The van der Waals surface area contributed by atoms with E-state index in [0.717, 1.165) is 10.8 Å². The number of hydrogen-bond acceptors (Lipinski definition) is 4. The normalized spacial score (nSPS) is 11.2. The first-order chi connectivity index (χ1) is 8.08. The average molecular weight is 251 g/mol. The van der Waals surface area contributed by atoms with Crippen LogP contribution in [-0.2, 0) is 0 Å². The third kappa shape index (κ3) is 3.82. The highest BCUT2D eigenvalue weighted by atomic mass is 32.2. The lowest BCUT2D eigenvalue weighted by Crippen LogP contribution is -2.10. The predicted molar refractivity (Wildman–Crippen MR) is 72.6 cm³/mol. The zero-order valence-corrected chi connectivity index (χ0v) is 11.4. The van der Waals surface area contributed by atoms with Crippen molar-refractivity contribution < 1.29 is 9.53 Å². The first-order valence-electron chi connectivity index (χ1n) is 5.20. The molecule has 1 rings (SSSR count).